The first-order valence-electron chi connectivity index (χ1n) is 14.1. The maximum atomic E-state index is 13.1. The van der Waals surface area contributed by atoms with Gasteiger partial charge in [-0.3, -0.25) is 0 Å². The van der Waals surface area contributed by atoms with Crippen molar-refractivity contribution in [2.45, 2.75) is 106 Å². The first kappa shape index (κ1) is 32.7. The summed E-state index contributed by atoms with van der Waals surface area (Å²) in [5.41, 5.74) is 0.959. The molecule has 5 nitrogen and oxygen atoms in total. The van der Waals surface area contributed by atoms with Crippen LogP contribution in [0.2, 0.25) is 13.3 Å². The number of ether oxygens (including phenoxy) is 2. The Hall–Kier alpha value is -1.34. The molecule has 0 saturated carbocycles. The van der Waals surface area contributed by atoms with Gasteiger partial charge in [-0.25, -0.2) is 0 Å². The molecule has 204 valence electrons. The topological polar surface area (TPSA) is 64.6 Å². The fraction of sp³-hybridized carbons (Fsp3) is 0.667. The van der Waals surface area contributed by atoms with E-state index in [0.717, 1.165) is 31.2 Å². The molecule has 0 fully saturated rings. The van der Waals surface area contributed by atoms with Crippen molar-refractivity contribution in [3.05, 3.63) is 45.6 Å². The molecule has 36 heavy (non-hydrogen) atoms. The van der Waals surface area contributed by atoms with Gasteiger partial charge < -0.3 is 0 Å². The van der Waals surface area contributed by atoms with Gasteiger partial charge in [-0.2, -0.15) is 0 Å². The van der Waals surface area contributed by atoms with Crippen molar-refractivity contribution >= 4 is 30.3 Å². The number of alkyl carbamates (subject to hydrolysis) is 1. The van der Waals surface area contributed by atoms with Crippen LogP contribution in [0.4, 0.5) is 4.79 Å². The monoisotopic (exact) mass is 609 g/mol. The standard InChI is InChI=1S/C18H24NO4.3C4H9.Sn/c1-4-14(2)17(11-10-16(20)13-22-3)19-18(21)23-12-15-8-6-5-7-9-15;3*1-3-4-2;/h5-10,14,17H,4,12-13H2,1-3H3,(H,19,21);3*1,3-4H2,2H3;/t14?,17-;;;;/m1..../s1. The van der Waals surface area contributed by atoms with Crippen LogP contribution in [0.25, 0.3) is 0 Å². The Morgan fingerprint density at radius 3 is 1.97 bits per heavy atom. The van der Waals surface area contributed by atoms with Gasteiger partial charge in [-0.05, 0) is 0 Å². The van der Waals surface area contributed by atoms with Crippen molar-refractivity contribution in [2.24, 2.45) is 5.92 Å². The third kappa shape index (κ3) is 11.4. The summed E-state index contributed by atoms with van der Waals surface area (Å²) in [7, 11) is 1.57. The third-order valence-corrected chi connectivity index (χ3v) is 23.3. The Bertz CT molecular complexity index is 759. The van der Waals surface area contributed by atoms with E-state index in [1.54, 1.807) is 7.11 Å². The molecule has 0 heterocycles. The van der Waals surface area contributed by atoms with E-state index in [4.69, 9.17) is 9.47 Å². The molecule has 0 aromatic heterocycles. The number of rotatable bonds is 19. The summed E-state index contributed by atoms with van der Waals surface area (Å²) in [6, 6.07) is 9.57. The zero-order valence-corrected chi connectivity index (χ0v) is 26.6. The van der Waals surface area contributed by atoms with Crippen molar-refractivity contribution in [3.8, 4) is 0 Å². The molecule has 0 aliphatic heterocycles. The van der Waals surface area contributed by atoms with E-state index in [0.29, 0.717) is 0 Å². The van der Waals surface area contributed by atoms with Crippen LogP contribution in [0.1, 0.15) is 85.1 Å². The Morgan fingerprint density at radius 2 is 1.50 bits per heavy atom. The number of methoxy groups -OCH3 is 1. The zero-order chi connectivity index (χ0) is 26.8. The molecular formula is C30H51NO4Sn. The Balaban J connectivity index is 3.45. The van der Waals surface area contributed by atoms with E-state index in [2.05, 4.69) is 39.9 Å². The molecule has 0 bridgehead atoms. The van der Waals surface area contributed by atoms with Gasteiger partial charge in [0, 0.05) is 0 Å². The molecule has 1 aromatic carbocycles. The Kier molecular flexibility index (Phi) is 17.1. The van der Waals surface area contributed by atoms with Gasteiger partial charge in [0.05, 0.1) is 0 Å². The van der Waals surface area contributed by atoms with Crippen molar-refractivity contribution in [1.82, 2.24) is 5.32 Å². The summed E-state index contributed by atoms with van der Waals surface area (Å²) in [5, 5.41) is 3.25. The van der Waals surface area contributed by atoms with Crippen molar-refractivity contribution in [1.29, 1.82) is 0 Å². The summed E-state index contributed by atoms with van der Waals surface area (Å²) in [6.45, 7) is 11.4. The number of hydrogen-bond acceptors (Lipinski definition) is 4. The molecule has 6 heteroatoms. The Labute approximate surface area is 224 Å². The molecule has 0 spiro atoms. The van der Waals surface area contributed by atoms with Crippen LogP contribution < -0.4 is 5.32 Å². The number of amides is 1. The summed E-state index contributed by atoms with van der Waals surface area (Å²) in [5.74, 6) is 0.211. The fourth-order valence-corrected chi connectivity index (χ4v) is 22.6. The first-order chi connectivity index (χ1) is 17.4. The number of carbonyl (C=O) groups is 2. The molecule has 1 unspecified atom stereocenters. The molecule has 0 saturated heterocycles. The second kappa shape index (κ2) is 18.8. The quantitative estimate of drug-likeness (QED) is 0.128. The van der Waals surface area contributed by atoms with Crippen molar-refractivity contribution in [3.63, 3.8) is 0 Å². The number of unbranched alkanes of at least 4 members (excludes halogenated alkanes) is 3. The number of hydrogen-bond donors (Lipinski definition) is 1. The van der Waals surface area contributed by atoms with Crippen LogP contribution in [0.15, 0.2) is 40.0 Å². The molecular weight excluding hydrogens is 557 g/mol. The van der Waals surface area contributed by atoms with E-state index in [1.807, 2.05) is 36.4 Å². The number of benzene rings is 1. The molecule has 1 aromatic rings. The second-order valence-electron chi connectivity index (χ2n) is 10.2. The van der Waals surface area contributed by atoms with E-state index in [-0.39, 0.29) is 31.0 Å². The van der Waals surface area contributed by atoms with Crippen LogP contribution in [-0.4, -0.2) is 50.0 Å². The molecule has 0 radical (unpaired) electrons. The van der Waals surface area contributed by atoms with Crippen LogP contribution in [0, 0.1) is 5.92 Å². The van der Waals surface area contributed by atoms with Gasteiger partial charge in [-0.15, -0.1) is 0 Å². The summed E-state index contributed by atoms with van der Waals surface area (Å²) < 4.78 is 15.8. The van der Waals surface area contributed by atoms with Gasteiger partial charge in [0.25, 0.3) is 0 Å². The normalized spacial score (nSPS) is 13.8. The van der Waals surface area contributed by atoms with Gasteiger partial charge in [0.2, 0.25) is 0 Å². The van der Waals surface area contributed by atoms with E-state index in [1.165, 1.54) is 36.2 Å². The number of nitrogens with one attached hydrogen (secondary N) is 1. The molecule has 1 N–H and O–H groups in total. The first-order valence-corrected chi connectivity index (χ1v) is 21.6. The number of ketones is 1. The van der Waals surface area contributed by atoms with Crippen LogP contribution in [0.5, 0.6) is 0 Å². The minimum atomic E-state index is -3.05. The van der Waals surface area contributed by atoms with Gasteiger partial charge >= 0.3 is 225 Å². The zero-order valence-electron chi connectivity index (χ0n) is 23.7. The average Bonchev–Trinajstić information content (AvgIpc) is 2.89. The van der Waals surface area contributed by atoms with E-state index >= 15 is 0 Å². The Morgan fingerprint density at radius 1 is 0.944 bits per heavy atom. The summed E-state index contributed by atoms with van der Waals surface area (Å²) in [4.78, 5) is 26.1. The SMILES string of the molecule is CCC[CH2][Sn]([CH2]CCC)([CH2]CCC)/[C](=C/C(=O)COC)[C@@H](NC(=O)OCc1ccccc1)C(C)CC. The second-order valence-corrected chi connectivity index (χ2v) is 23.4. The van der Waals surface area contributed by atoms with E-state index in [9.17, 15) is 9.59 Å². The van der Waals surface area contributed by atoms with Crippen LogP contribution >= 0.6 is 0 Å². The maximum absolute atomic E-state index is 13.1. The van der Waals surface area contributed by atoms with Gasteiger partial charge in [0.15, 0.2) is 0 Å². The summed E-state index contributed by atoms with van der Waals surface area (Å²) >= 11 is -3.05. The van der Waals surface area contributed by atoms with Gasteiger partial charge in [0.1, 0.15) is 0 Å². The molecule has 2 atom stereocenters. The minimum absolute atomic E-state index is 0.00539. The van der Waals surface area contributed by atoms with Crippen LogP contribution in [-0.2, 0) is 20.9 Å². The van der Waals surface area contributed by atoms with Gasteiger partial charge in [-0.1, -0.05) is 0 Å². The predicted molar refractivity (Wildman–Crippen MR) is 153 cm³/mol. The van der Waals surface area contributed by atoms with Crippen molar-refractivity contribution in [2.75, 3.05) is 13.7 Å². The molecule has 1 amide bonds. The predicted octanol–water partition coefficient (Wildman–Crippen LogP) is 7.86. The van der Waals surface area contributed by atoms with Crippen LogP contribution in [0.3, 0.4) is 0 Å². The summed E-state index contributed by atoms with van der Waals surface area (Å²) in [6.07, 6.45) is 9.41. The molecule has 1 rings (SSSR count). The fourth-order valence-electron chi connectivity index (χ4n) is 4.94. The molecule has 0 aliphatic rings. The van der Waals surface area contributed by atoms with Crippen molar-refractivity contribution < 1.29 is 19.1 Å². The average molecular weight is 608 g/mol. The molecule has 0 aliphatic carbocycles. The third-order valence-electron chi connectivity index (χ3n) is 7.28. The van der Waals surface area contributed by atoms with E-state index < -0.39 is 24.5 Å². The number of carbonyl (C=O) groups excluding carboxylic acids is 2.